The van der Waals surface area contributed by atoms with Crippen molar-refractivity contribution in [2.75, 3.05) is 0 Å². The lowest BCUT2D eigenvalue weighted by Gasteiger charge is -2.17. The zero-order chi connectivity index (χ0) is 18.6. The lowest BCUT2D eigenvalue weighted by molar-refractivity contribution is -0.387. The molecule has 2 N–H and O–H groups in total. The Morgan fingerprint density at radius 3 is 2.08 bits per heavy atom. The average molecular weight is 360 g/mol. The highest BCUT2D eigenvalue weighted by atomic mass is 19.4. The monoisotopic (exact) mass is 360 g/mol. The van der Waals surface area contributed by atoms with Crippen LogP contribution >= 0.6 is 0 Å². The minimum Gasteiger partial charge on any atom is -0.501 e. The van der Waals surface area contributed by atoms with E-state index < -0.39 is 62.1 Å². The number of hydrogen-bond acceptors (Lipinski definition) is 4. The van der Waals surface area contributed by atoms with E-state index in [0.717, 1.165) is 0 Å². The maximum atomic E-state index is 13.8. The number of nitro groups is 1. The van der Waals surface area contributed by atoms with Gasteiger partial charge in [-0.2, -0.15) is 26.3 Å². The van der Waals surface area contributed by atoms with Crippen LogP contribution in [0.4, 0.5) is 36.4 Å². The second kappa shape index (κ2) is 5.07. The molecule has 2 aromatic rings. The number of H-pyrrole nitrogens is 1. The highest BCUT2D eigenvalue weighted by Gasteiger charge is 2.45. The molecule has 0 saturated heterocycles. The summed E-state index contributed by atoms with van der Waals surface area (Å²) in [5, 5.41) is 18.5. The van der Waals surface area contributed by atoms with Crippen LogP contribution in [0.3, 0.4) is 0 Å². The summed E-state index contributed by atoms with van der Waals surface area (Å²) in [6.45, 7) is 0. The van der Waals surface area contributed by atoms with Crippen LogP contribution in [0.2, 0.25) is 0 Å². The molecule has 0 spiro atoms. The first-order chi connectivity index (χ1) is 10.8. The fourth-order valence-electron chi connectivity index (χ4n) is 2.05. The smallest absolute Gasteiger partial charge is 0.420 e. The maximum Gasteiger partial charge on any atom is 0.420 e. The fraction of sp³-hybridized carbons (Fsp3) is 0.182. The molecule has 0 amide bonds. The van der Waals surface area contributed by atoms with Crippen LogP contribution in [0.5, 0.6) is 5.75 Å². The van der Waals surface area contributed by atoms with Crippen LogP contribution in [0.15, 0.2) is 10.9 Å². The molecule has 24 heavy (non-hydrogen) atoms. The molecule has 13 heteroatoms. The van der Waals surface area contributed by atoms with Crippen molar-refractivity contribution in [3.63, 3.8) is 0 Å². The van der Waals surface area contributed by atoms with Gasteiger partial charge in [-0.15, -0.1) is 0 Å². The Hall–Kier alpha value is -2.86. The Labute approximate surface area is 125 Å². The van der Waals surface area contributed by atoms with Crippen LogP contribution in [0.1, 0.15) is 11.1 Å². The van der Waals surface area contributed by atoms with E-state index >= 15 is 0 Å². The van der Waals surface area contributed by atoms with E-state index in [1.807, 2.05) is 0 Å². The highest BCUT2D eigenvalue weighted by Crippen LogP contribution is 2.45. The maximum absolute atomic E-state index is 13.8. The van der Waals surface area contributed by atoms with Gasteiger partial charge in [-0.3, -0.25) is 14.9 Å². The van der Waals surface area contributed by atoms with E-state index in [9.17, 15) is 50.7 Å². The number of aromatic hydroxyl groups is 1. The van der Waals surface area contributed by atoms with Crippen LogP contribution < -0.4 is 5.56 Å². The summed E-state index contributed by atoms with van der Waals surface area (Å²) in [4.78, 5) is 21.9. The van der Waals surface area contributed by atoms with E-state index in [4.69, 9.17) is 0 Å². The molecule has 0 bridgehead atoms. The summed E-state index contributed by atoms with van der Waals surface area (Å²) in [5.74, 6) is -4.67. The van der Waals surface area contributed by atoms with E-state index in [2.05, 4.69) is 0 Å². The predicted octanol–water partition coefficient (Wildman–Crippen LogP) is 3.32. The first-order valence-corrected chi connectivity index (χ1v) is 5.67. The van der Waals surface area contributed by atoms with E-state index in [0.29, 0.717) is 0 Å². The highest BCUT2D eigenvalue weighted by molar-refractivity contribution is 5.92. The molecule has 1 aromatic heterocycles. The quantitative estimate of drug-likeness (QED) is 0.463. The summed E-state index contributed by atoms with van der Waals surface area (Å²) in [6.07, 6.45) is -11.3. The van der Waals surface area contributed by atoms with Crippen LogP contribution in [-0.2, 0) is 12.4 Å². The third-order valence-electron chi connectivity index (χ3n) is 2.96. The molecular weight excluding hydrogens is 357 g/mol. The van der Waals surface area contributed by atoms with Gasteiger partial charge in [0.05, 0.1) is 21.4 Å². The van der Waals surface area contributed by atoms with E-state index in [1.54, 1.807) is 0 Å². The van der Waals surface area contributed by atoms with Crippen molar-refractivity contribution in [1.82, 2.24) is 4.98 Å². The van der Waals surface area contributed by atoms with Crippen molar-refractivity contribution in [1.29, 1.82) is 0 Å². The van der Waals surface area contributed by atoms with Crippen molar-refractivity contribution in [2.45, 2.75) is 12.4 Å². The van der Waals surface area contributed by atoms with Gasteiger partial charge in [-0.25, -0.2) is 4.39 Å². The molecule has 2 rings (SSSR count). The number of fused-ring (bicyclic) bond motifs is 1. The number of pyridine rings is 1. The molecule has 130 valence electrons. The molecule has 0 aliphatic rings. The Morgan fingerprint density at radius 2 is 1.67 bits per heavy atom. The Morgan fingerprint density at radius 1 is 1.12 bits per heavy atom. The van der Waals surface area contributed by atoms with Crippen LogP contribution in [0.25, 0.3) is 10.9 Å². The first kappa shape index (κ1) is 17.5. The van der Waals surface area contributed by atoms with Gasteiger partial charge >= 0.3 is 23.6 Å². The van der Waals surface area contributed by atoms with E-state index in [1.165, 1.54) is 4.98 Å². The van der Waals surface area contributed by atoms with Gasteiger partial charge in [-0.05, 0) is 6.07 Å². The number of alkyl halides is 6. The standard InChI is InChI=1S/C11H3F7N2O4/c12-6-2(10(13,14)15)1-3-4(5(6)11(16,17)18)8(21)7(20(23)24)9(22)19-3/h1H,(H2,19,21,22). The Kier molecular flexibility index (Phi) is 3.70. The number of aromatic amines is 1. The summed E-state index contributed by atoms with van der Waals surface area (Å²) < 4.78 is 90.8. The van der Waals surface area contributed by atoms with Gasteiger partial charge in [-0.1, -0.05) is 0 Å². The second-order valence-electron chi connectivity index (χ2n) is 4.44. The molecule has 1 heterocycles. The summed E-state index contributed by atoms with van der Waals surface area (Å²) in [6, 6.07) is -0.190. The zero-order valence-corrected chi connectivity index (χ0v) is 10.8. The van der Waals surface area contributed by atoms with Gasteiger partial charge in [0.1, 0.15) is 11.4 Å². The van der Waals surface area contributed by atoms with Gasteiger partial charge in [0.2, 0.25) is 5.75 Å². The number of halogens is 7. The fourth-order valence-corrected chi connectivity index (χ4v) is 2.05. The Balaban J connectivity index is 3.17. The summed E-state index contributed by atoms with van der Waals surface area (Å²) in [7, 11) is 0. The van der Waals surface area contributed by atoms with Crippen molar-refractivity contribution in [2.24, 2.45) is 0 Å². The van der Waals surface area contributed by atoms with Gasteiger partial charge in [0, 0.05) is 0 Å². The molecule has 0 fully saturated rings. The second-order valence-corrected chi connectivity index (χ2v) is 4.44. The van der Waals surface area contributed by atoms with Gasteiger partial charge in [0.25, 0.3) is 0 Å². The van der Waals surface area contributed by atoms with Crippen LogP contribution in [-0.4, -0.2) is 15.0 Å². The third-order valence-corrected chi connectivity index (χ3v) is 2.96. The molecule has 1 aromatic carbocycles. The largest absolute Gasteiger partial charge is 0.501 e. The summed E-state index contributed by atoms with van der Waals surface area (Å²) in [5.41, 5.74) is -9.70. The predicted molar refractivity (Wildman–Crippen MR) is 62.8 cm³/mol. The number of benzene rings is 1. The number of aromatic nitrogens is 1. The van der Waals surface area contributed by atoms with E-state index in [-0.39, 0.29) is 6.07 Å². The number of hydrogen-bond donors (Lipinski definition) is 2. The average Bonchev–Trinajstić information content (AvgIpc) is 2.35. The first-order valence-electron chi connectivity index (χ1n) is 5.67. The molecule has 0 unspecified atom stereocenters. The third kappa shape index (κ3) is 2.61. The number of rotatable bonds is 1. The lowest BCUT2D eigenvalue weighted by Crippen LogP contribution is -2.19. The topological polar surface area (TPSA) is 96.2 Å². The number of nitrogens with zero attached hydrogens (tertiary/aromatic N) is 1. The molecule has 0 radical (unpaired) electrons. The van der Waals surface area contributed by atoms with Crippen molar-refractivity contribution >= 4 is 16.6 Å². The van der Waals surface area contributed by atoms with Crippen molar-refractivity contribution in [3.8, 4) is 5.75 Å². The summed E-state index contributed by atoms with van der Waals surface area (Å²) >= 11 is 0. The molecule has 0 aliphatic carbocycles. The molecule has 6 nitrogen and oxygen atoms in total. The van der Waals surface area contributed by atoms with Crippen LogP contribution in [0, 0.1) is 15.9 Å². The Bertz CT molecular complexity index is 914. The SMILES string of the molecule is O=c1[nH]c2cc(C(F)(F)F)c(F)c(C(F)(F)F)c2c(O)c1[N+](=O)[O-]. The van der Waals surface area contributed by atoms with Gasteiger partial charge < -0.3 is 10.1 Å². The van der Waals surface area contributed by atoms with Crippen molar-refractivity contribution in [3.05, 3.63) is 43.5 Å². The molecule has 0 aliphatic heterocycles. The number of nitrogens with one attached hydrogen (secondary N) is 1. The molecule has 0 saturated carbocycles. The van der Waals surface area contributed by atoms with Crippen molar-refractivity contribution < 1.29 is 40.8 Å². The minimum absolute atomic E-state index is 0.190. The normalized spacial score (nSPS) is 12.6. The van der Waals surface area contributed by atoms with Gasteiger partial charge in [0.15, 0.2) is 0 Å². The minimum atomic E-state index is -5.74. The zero-order valence-electron chi connectivity index (χ0n) is 10.8. The molecular formula is C11H3F7N2O4. The lowest BCUT2D eigenvalue weighted by atomic mass is 10.0. The molecule has 0 atom stereocenters.